The van der Waals surface area contributed by atoms with E-state index in [9.17, 15) is 13.2 Å². The van der Waals surface area contributed by atoms with Gasteiger partial charge in [0, 0.05) is 13.1 Å². The highest BCUT2D eigenvalue weighted by Gasteiger charge is 2.18. The monoisotopic (exact) mass is 418 g/mol. The van der Waals surface area contributed by atoms with Crippen molar-refractivity contribution in [2.75, 3.05) is 18.9 Å². The lowest BCUT2D eigenvalue weighted by molar-refractivity contribution is 0.0495. The Morgan fingerprint density at radius 2 is 2.07 bits per heavy atom. The SMILES string of the molecule is CCNS(=O)(=O)c1ccc(C)c(C(=O)OCCCn2cnc3c(N)ncnc32)c1. The molecular weight excluding hydrogens is 396 g/mol. The van der Waals surface area contributed by atoms with Crippen molar-refractivity contribution in [2.24, 2.45) is 0 Å². The summed E-state index contributed by atoms with van der Waals surface area (Å²) >= 11 is 0. The molecule has 0 saturated heterocycles. The first-order valence-electron chi connectivity index (χ1n) is 9.02. The second kappa shape index (κ2) is 8.53. The van der Waals surface area contributed by atoms with Gasteiger partial charge in [-0.1, -0.05) is 13.0 Å². The normalized spacial score (nSPS) is 11.7. The van der Waals surface area contributed by atoms with Crippen molar-refractivity contribution in [3.8, 4) is 0 Å². The maximum absolute atomic E-state index is 12.4. The van der Waals surface area contributed by atoms with Gasteiger partial charge in [-0.2, -0.15) is 0 Å². The molecule has 11 heteroatoms. The van der Waals surface area contributed by atoms with E-state index in [1.807, 2.05) is 0 Å². The van der Waals surface area contributed by atoms with Crippen LogP contribution in [-0.4, -0.2) is 47.1 Å². The second-order valence-electron chi connectivity index (χ2n) is 6.34. The summed E-state index contributed by atoms with van der Waals surface area (Å²) in [5, 5.41) is 0. The molecule has 0 aliphatic heterocycles. The maximum atomic E-state index is 12.4. The Balaban J connectivity index is 1.63. The van der Waals surface area contributed by atoms with Gasteiger partial charge in [0.1, 0.15) is 11.8 Å². The molecule has 0 atom stereocenters. The summed E-state index contributed by atoms with van der Waals surface area (Å²) in [5.41, 5.74) is 7.76. The number of nitrogens with zero attached hydrogens (tertiary/aromatic N) is 4. The van der Waals surface area contributed by atoms with Crippen molar-refractivity contribution >= 4 is 33.0 Å². The molecule has 2 heterocycles. The molecular formula is C18H22N6O4S. The van der Waals surface area contributed by atoms with Crippen molar-refractivity contribution in [3.63, 3.8) is 0 Å². The largest absolute Gasteiger partial charge is 0.462 e. The number of carbonyl (C=O) groups is 1. The molecule has 0 spiro atoms. The van der Waals surface area contributed by atoms with Gasteiger partial charge < -0.3 is 15.0 Å². The average Bonchev–Trinajstić information content (AvgIpc) is 3.09. The molecule has 10 nitrogen and oxygen atoms in total. The fraction of sp³-hybridized carbons (Fsp3) is 0.333. The standard InChI is InChI=1S/C18H22N6O4S/c1-3-23-29(26,27)13-6-5-12(2)14(9-13)18(25)28-8-4-7-24-11-22-15-16(19)20-10-21-17(15)24/h5-6,9-11,23H,3-4,7-8H2,1-2H3,(H2,19,20,21). The van der Waals surface area contributed by atoms with Crippen LogP contribution in [0.1, 0.15) is 29.3 Å². The van der Waals surface area contributed by atoms with E-state index in [1.165, 1.54) is 18.5 Å². The van der Waals surface area contributed by atoms with Crippen molar-refractivity contribution in [2.45, 2.75) is 31.7 Å². The first-order chi connectivity index (χ1) is 13.8. The zero-order chi connectivity index (χ0) is 21.0. The summed E-state index contributed by atoms with van der Waals surface area (Å²) in [6, 6.07) is 4.38. The number of carbonyl (C=O) groups excluding carboxylic acids is 1. The molecule has 0 unspecified atom stereocenters. The molecule has 0 saturated carbocycles. The number of fused-ring (bicyclic) bond motifs is 1. The van der Waals surface area contributed by atoms with Crippen LogP contribution < -0.4 is 10.5 Å². The van der Waals surface area contributed by atoms with Gasteiger partial charge in [-0.25, -0.2) is 32.9 Å². The van der Waals surface area contributed by atoms with E-state index < -0.39 is 16.0 Å². The fourth-order valence-corrected chi connectivity index (χ4v) is 3.87. The van der Waals surface area contributed by atoms with Gasteiger partial charge in [-0.15, -0.1) is 0 Å². The number of nitrogens with one attached hydrogen (secondary N) is 1. The molecule has 29 heavy (non-hydrogen) atoms. The van der Waals surface area contributed by atoms with E-state index in [1.54, 1.807) is 30.8 Å². The minimum atomic E-state index is -3.65. The molecule has 2 aromatic heterocycles. The van der Waals surface area contributed by atoms with Crippen LogP contribution in [0.3, 0.4) is 0 Å². The smallest absolute Gasteiger partial charge is 0.338 e. The summed E-state index contributed by atoms with van der Waals surface area (Å²) in [7, 11) is -3.65. The zero-order valence-electron chi connectivity index (χ0n) is 16.1. The Morgan fingerprint density at radius 1 is 1.28 bits per heavy atom. The van der Waals surface area contributed by atoms with Crippen molar-refractivity contribution < 1.29 is 17.9 Å². The molecule has 154 valence electrons. The van der Waals surface area contributed by atoms with Gasteiger partial charge in [0.05, 0.1) is 23.4 Å². The van der Waals surface area contributed by atoms with E-state index in [0.29, 0.717) is 35.5 Å². The highest BCUT2D eigenvalue weighted by Crippen LogP contribution is 2.17. The topological polar surface area (TPSA) is 142 Å². The number of anilines is 1. The quantitative estimate of drug-likeness (QED) is 0.411. The second-order valence-corrected chi connectivity index (χ2v) is 8.10. The van der Waals surface area contributed by atoms with Crippen LogP contribution in [-0.2, 0) is 21.3 Å². The van der Waals surface area contributed by atoms with Crippen LogP contribution in [0.4, 0.5) is 5.82 Å². The number of imidazole rings is 1. The number of rotatable bonds is 8. The molecule has 0 bridgehead atoms. The van der Waals surface area contributed by atoms with Crippen molar-refractivity contribution in [1.29, 1.82) is 0 Å². The van der Waals surface area contributed by atoms with Crippen molar-refractivity contribution in [1.82, 2.24) is 24.2 Å². The Labute approximate surface area is 168 Å². The van der Waals surface area contributed by atoms with Gasteiger partial charge in [-0.3, -0.25) is 0 Å². The van der Waals surface area contributed by atoms with E-state index in [4.69, 9.17) is 10.5 Å². The molecule has 0 radical (unpaired) electrons. The Kier molecular flexibility index (Phi) is 6.09. The van der Waals surface area contributed by atoms with Gasteiger partial charge in [0.15, 0.2) is 11.5 Å². The van der Waals surface area contributed by atoms with Gasteiger partial charge in [0.25, 0.3) is 0 Å². The van der Waals surface area contributed by atoms with E-state index in [2.05, 4.69) is 19.7 Å². The number of hydrogen-bond acceptors (Lipinski definition) is 8. The van der Waals surface area contributed by atoms with Gasteiger partial charge in [-0.05, 0) is 31.0 Å². The van der Waals surface area contributed by atoms with Crippen LogP contribution in [0.2, 0.25) is 0 Å². The lowest BCUT2D eigenvalue weighted by Gasteiger charge is -2.10. The summed E-state index contributed by atoms with van der Waals surface area (Å²) in [4.78, 5) is 24.7. The summed E-state index contributed by atoms with van der Waals surface area (Å²) in [5.74, 6) is -0.263. The molecule has 1 aromatic carbocycles. The number of nitrogens with two attached hydrogens (primary N) is 1. The van der Waals surface area contributed by atoms with Crippen LogP contribution in [0, 0.1) is 6.92 Å². The molecule has 3 rings (SSSR count). The van der Waals surface area contributed by atoms with Gasteiger partial charge >= 0.3 is 5.97 Å². The predicted octanol–water partition coefficient (Wildman–Crippen LogP) is 1.26. The summed E-state index contributed by atoms with van der Waals surface area (Å²) in [6.45, 7) is 4.35. The molecule has 3 N–H and O–H groups in total. The van der Waals surface area contributed by atoms with Gasteiger partial charge in [0.2, 0.25) is 10.0 Å². The van der Waals surface area contributed by atoms with E-state index in [-0.39, 0.29) is 23.6 Å². The highest BCUT2D eigenvalue weighted by atomic mass is 32.2. The van der Waals surface area contributed by atoms with Crippen molar-refractivity contribution in [3.05, 3.63) is 42.0 Å². The van der Waals surface area contributed by atoms with Crippen LogP contribution >= 0.6 is 0 Å². The number of esters is 1. The summed E-state index contributed by atoms with van der Waals surface area (Å²) in [6.07, 6.45) is 3.50. The first kappa shape index (κ1) is 20.7. The minimum absolute atomic E-state index is 0.0269. The van der Waals surface area contributed by atoms with Crippen LogP contribution in [0.5, 0.6) is 0 Å². The number of benzene rings is 1. The lowest BCUT2D eigenvalue weighted by atomic mass is 10.1. The molecule has 0 aliphatic carbocycles. The number of hydrogen-bond donors (Lipinski definition) is 2. The number of nitrogen functional groups attached to an aromatic ring is 1. The van der Waals surface area contributed by atoms with Crippen LogP contribution in [0.15, 0.2) is 35.7 Å². The molecule has 0 amide bonds. The third-order valence-electron chi connectivity index (χ3n) is 4.28. The summed E-state index contributed by atoms with van der Waals surface area (Å²) < 4.78 is 33.8. The molecule has 0 aliphatic rings. The molecule has 0 fully saturated rings. The number of sulfonamides is 1. The highest BCUT2D eigenvalue weighted by molar-refractivity contribution is 7.89. The Morgan fingerprint density at radius 3 is 2.83 bits per heavy atom. The Bertz CT molecular complexity index is 1140. The Hall–Kier alpha value is -3.05. The number of aromatic nitrogens is 4. The zero-order valence-corrected chi connectivity index (χ0v) is 16.9. The van der Waals surface area contributed by atoms with E-state index >= 15 is 0 Å². The lowest BCUT2D eigenvalue weighted by Crippen LogP contribution is -2.23. The predicted molar refractivity (Wildman–Crippen MR) is 107 cm³/mol. The maximum Gasteiger partial charge on any atom is 0.338 e. The third-order valence-corrected chi connectivity index (χ3v) is 5.82. The minimum Gasteiger partial charge on any atom is -0.462 e. The first-order valence-corrected chi connectivity index (χ1v) is 10.5. The average molecular weight is 418 g/mol. The third kappa shape index (κ3) is 4.51. The van der Waals surface area contributed by atoms with Crippen LogP contribution in [0.25, 0.3) is 11.2 Å². The number of ether oxygens (including phenoxy) is 1. The van der Waals surface area contributed by atoms with E-state index in [0.717, 1.165) is 0 Å². The molecule has 3 aromatic rings. The fourth-order valence-electron chi connectivity index (χ4n) is 2.80. The number of aryl methyl sites for hydroxylation is 2.